The summed E-state index contributed by atoms with van der Waals surface area (Å²) in [6, 6.07) is 13.9. The first kappa shape index (κ1) is 13.7. The molecule has 2 aromatic rings. The number of rotatable bonds is 3. The molecule has 1 atom stereocenters. The highest BCUT2D eigenvalue weighted by molar-refractivity contribution is 9.10. The molecule has 0 aromatic heterocycles. The van der Waals surface area contributed by atoms with Crippen LogP contribution in [-0.2, 0) is 0 Å². The average Bonchev–Trinajstić information content (AvgIpc) is 2.34. The van der Waals surface area contributed by atoms with Crippen molar-refractivity contribution in [2.45, 2.75) is 13.0 Å². The van der Waals surface area contributed by atoms with Crippen molar-refractivity contribution < 1.29 is 0 Å². The number of hydrogen-bond donors (Lipinski definition) is 1. The molecule has 0 amide bonds. The number of hydrogen-bond acceptors (Lipinski definition) is 1. The van der Waals surface area contributed by atoms with E-state index in [4.69, 9.17) is 23.2 Å². The predicted octanol–water partition coefficient (Wildman–Crippen LogP) is 5.93. The summed E-state index contributed by atoms with van der Waals surface area (Å²) in [5.74, 6) is 0. The number of nitrogens with one attached hydrogen (secondary N) is 1. The van der Waals surface area contributed by atoms with Gasteiger partial charge in [0.15, 0.2) is 0 Å². The smallest absolute Gasteiger partial charge is 0.0612 e. The highest BCUT2D eigenvalue weighted by atomic mass is 79.9. The lowest BCUT2D eigenvalue weighted by atomic mass is 10.1. The molecule has 0 heterocycles. The highest BCUT2D eigenvalue weighted by Gasteiger charge is 2.09. The third-order valence-corrected chi connectivity index (χ3v) is 4.14. The number of halogens is 3. The third kappa shape index (κ3) is 3.19. The van der Waals surface area contributed by atoms with E-state index in [1.807, 2.05) is 30.3 Å². The molecule has 1 nitrogen and oxygen atoms in total. The van der Waals surface area contributed by atoms with E-state index in [1.54, 1.807) is 6.07 Å². The fraction of sp³-hybridized carbons (Fsp3) is 0.143. The second kappa shape index (κ2) is 5.96. The van der Waals surface area contributed by atoms with Gasteiger partial charge in [0.05, 0.1) is 10.0 Å². The maximum atomic E-state index is 5.99. The topological polar surface area (TPSA) is 12.0 Å². The predicted molar refractivity (Wildman–Crippen MR) is 82.6 cm³/mol. The van der Waals surface area contributed by atoms with Crippen LogP contribution in [0.5, 0.6) is 0 Å². The van der Waals surface area contributed by atoms with Crippen LogP contribution in [0.1, 0.15) is 18.5 Å². The van der Waals surface area contributed by atoms with Crippen LogP contribution in [0.4, 0.5) is 5.69 Å². The van der Waals surface area contributed by atoms with Gasteiger partial charge in [-0.1, -0.05) is 57.3 Å². The van der Waals surface area contributed by atoms with Gasteiger partial charge in [-0.3, -0.25) is 0 Å². The molecule has 94 valence electrons. The molecule has 1 unspecified atom stereocenters. The summed E-state index contributed by atoms with van der Waals surface area (Å²) in [5, 5.41) is 4.52. The van der Waals surface area contributed by atoms with Crippen LogP contribution in [0.15, 0.2) is 46.9 Å². The van der Waals surface area contributed by atoms with Gasteiger partial charge in [-0.2, -0.15) is 0 Å². The Kier molecular flexibility index (Phi) is 4.55. The van der Waals surface area contributed by atoms with Gasteiger partial charge in [0, 0.05) is 16.2 Å². The Morgan fingerprint density at radius 1 is 1.06 bits per heavy atom. The molecule has 1 N–H and O–H groups in total. The second-order valence-electron chi connectivity index (χ2n) is 4.02. The Bertz CT molecular complexity index is 557. The van der Waals surface area contributed by atoms with Crippen LogP contribution in [0.2, 0.25) is 10.0 Å². The maximum absolute atomic E-state index is 5.99. The quantitative estimate of drug-likeness (QED) is 0.727. The number of benzene rings is 2. The van der Waals surface area contributed by atoms with Gasteiger partial charge in [0.25, 0.3) is 0 Å². The SMILES string of the molecule is CC(Nc1ccc(Cl)c(Cl)c1)c1ccccc1Br. The van der Waals surface area contributed by atoms with Crippen molar-refractivity contribution in [1.82, 2.24) is 0 Å². The van der Waals surface area contributed by atoms with Crippen LogP contribution in [0.25, 0.3) is 0 Å². The van der Waals surface area contributed by atoms with Crippen LogP contribution in [0, 0.1) is 0 Å². The standard InChI is InChI=1S/C14H12BrCl2N/c1-9(11-4-2-3-5-12(11)15)18-10-6-7-13(16)14(17)8-10/h2-9,18H,1H3. The largest absolute Gasteiger partial charge is 0.378 e. The molecule has 0 aliphatic carbocycles. The Balaban J connectivity index is 2.19. The van der Waals surface area contributed by atoms with Gasteiger partial charge in [-0.25, -0.2) is 0 Å². The molecule has 18 heavy (non-hydrogen) atoms. The van der Waals surface area contributed by atoms with Crippen LogP contribution in [-0.4, -0.2) is 0 Å². The lowest BCUT2D eigenvalue weighted by Gasteiger charge is -2.17. The van der Waals surface area contributed by atoms with Crippen LogP contribution >= 0.6 is 39.1 Å². The highest BCUT2D eigenvalue weighted by Crippen LogP contribution is 2.29. The molecule has 0 aliphatic heterocycles. The van der Waals surface area contributed by atoms with Crippen molar-refractivity contribution in [3.05, 3.63) is 62.5 Å². The summed E-state index contributed by atoms with van der Waals surface area (Å²) in [4.78, 5) is 0. The summed E-state index contributed by atoms with van der Waals surface area (Å²) in [7, 11) is 0. The van der Waals surface area contributed by atoms with Gasteiger partial charge in [0.2, 0.25) is 0 Å². The summed E-state index contributed by atoms with van der Waals surface area (Å²) >= 11 is 15.4. The Morgan fingerprint density at radius 2 is 1.78 bits per heavy atom. The number of anilines is 1. The maximum Gasteiger partial charge on any atom is 0.0612 e. The molecular formula is C14H12BrCl2N. The molecule has 4 heteroatoms. The molecule has 0 aliphatic rings. The van der Waals surface area contributed by atoms with Crippen molar-refractivity contribution in [2.75, 3.05) is 5.32 Å². The van der Waals surface area contributed by atoms with E-state index in [0.29, 0.717) is 10.0 Å². The van der Waals surface area contributed by atoms with Crippen molar-refractivity contribution in [3.63, 3.8) is 0 Å². The molecular weight excluding hydrogens is 333 g/mol. The molecule has 0 fully saturated rings. The zero-order chi connectivity index (χ0) is 13.1. The minimum absolute atomic E-state index is 0.179. The summed E-state index contributed by atoms with van der Waals surface area (Å²) in [6.45, 7) is 2.10. The van der Waals surface area contributed by atoms with E-state index in [2.05, 4.69) is 34.2 Å². The lowest BCUT2D eigenvalue weighted by molar-refractivity contribution is 0.879. The first-order chi connectivity index (χ1) is 8.58. The Labute approximate surface area is 125 Å². The van der Waals surface area contributed by atoms with Gasteiger partial charge >= 0.3 is 0 Å². The Hall–Kier alpha value is -0.700. The minimum atomic E-state index is 0.179. The molecule has 0 saturated heterocycles. The van der Waals surface area contributed by atoms with Gasteiger partial charge in [-0.15, -0.1) is 0 Å². The zero-order valence-corrected chi connectivity index (χ0v) is 12.9. The Morgan fingerprint density at radius 3 is 2.44 bits per heavy atom. The summed E-state index contributed by atoms with van der Waals surface area (Å²) in [6.07, 6.45) is 0. The van der Waals surface area contributed by atoms with Gasteiger partial charge in [-0.05, 0) is 36.8 Å². The molecule has 0 saturated carbocycles. The molecule has 0 bridgehead atoms. The first-order valence-electron chi connectivity index (χ1n) is 5.54. The van der Waals surface area contributed by atoms with E-state index < -0.39 is 0 Å². The van der Waals surface area contributed by atoms with Crippen molar-refractivity contribution >= 4 is 44.8 Å². The van der Waals surface area contributed by atoms with Crippen molar-refractivity contribution in [1.29, 1.82) is 0 Å². The zero-order valence-electron chi connectivity index (χ0n) is 9.75. The fourth-order valence-corrected chi connectivity index (χ4v) is 2.67. The first-order valence-corrected chi connectivity index (χ1v) is 7.09. The van der Waals surface area contributed by atoms with Crippen LogP contribution in [0.3, 0.4) is 0 Å². The van der Waals surface area contributed by atoms with Gasteiger partial charge < -0.3 is 5.32 Å². The fourth-order valence-electron chi connectivity index (χ4n) is 1.74. The van der Waals surface area contributed by atoms with E-state index >= 15 is 0 Å². The van der Waals surface area contributed by atoms with Crippen LogP contribution < -0.4 is 5.32 Å². The van der Waals surface area contributed by atoms with Gasteiger partial charge in [0.1, 0.15) is 0 Å². The minimum Gasteiger partial charge on any atom is -0.378 e. The van der Waals surface area contributed by atoms with Crippen molar-refractivity contribution in [2.24, 2.45) is 0 Å². The third-order valence-electron chi connectivity index (χ3n) is 2.67. The molecule has 2 aromatic carbocycles. The molecule has 2 rings (SSSR count). The van der Waals surface area contributed by atoms with E-state index in [9.17, 15) is 0 Å². The lowest BCUT2D eigenvalue weighted by Crippen LogP contribution is -2.07. The van der Waals surface area contributed by atoms with E-state index in [-0.39, 0.29) is 6.04 Å². The van der Waals surface area contributed by atoms with E-state index in [0.717, 1.165) is 10.2 Å². The van der Waals surface area contributed by atoms with Crippen molar-refractivity contribution in [3.8, 4) is 0 Å². The normalized spacial score (nSPS) is 12.2. The van der Waals surface area contributed by atoms with E-state index in [1.165, 1.54) is 5.56 Å². The molecule has 0 spiro atoms. The monoisotopic (exact) mass is 343 g/mol. The average molecular weight is 345 g/mol. The second-order valence-corrected chi connectivity index (χ2v) is 5.69. The summed E-state index contributed by atoms with van der Waals surface area (Å²) < 4.78 is 1.09. The summed E-state index contributed by atoms with van der Waals surface area (Å²) in [5.41, 5.74) is 2.15. The molecule has 0 radical (unpaired) electrons.